The van der Waals surface area contributed by atoms with E-state index >= 15 is 0 Å². The van der Waals surface area contributed by atoms with E-state index in [1.807, 2.05) is 41.3 Å². The van der Waals surface area contributed by atoms with E-state index in [2.05, 4.69) is 20.3 Å². The number of benzene rings is 1. The zero-order chi connectivity index (χ0) is 22.3. The van der Waals surface area contributed by atoms with E-state index in [1.165, 1.54) is 6.20 Å². The summed E-state index contributed by atoms with van der Waals surface area (Å²) in [6.07, 6.45) is 3.21. The highest BCUT2D eigenvalue weighted by Crippen LogP contribution is 2.35. The number of aromatic nitrogens is 3. The molecule has 0 bridgehead atoms. The quantitative estimate of drug-likeness (QED) is 0.600. The molecule has 2 N–H and O–H groups in total. The number of allylic oxidation sites excluding steroid dienone is 1. The third-order valence-corrected chi connectivity index (χ3v) is 6.12. The van der Waals surface area contributed by atoms with Gasteiger partial charge in [-0.05, 0) is 31.0 Å². The van der Waals surface area contributed by atoms with Crippen LogP contribution in [0.3, 0.4) is 0 Å². The molecule has 0 saturated carbocycles. The fourth-order valence-electron chi connectivity index (χ4n) is 4.36. The topological polar surface area (TPSA) is 73.9 Å². The molecule has 1 aliphatic heterocycles. The first-order chi connectivity index (χ1) is 15.4. The van der Waals surface area contributed by atoms with E-state index in [-0.39, 0.29) is 23.8 Å². The highest BCUT2D eigenvalue weighted by molar-refractivity contribution is 5.84. The summed E-state index contributed by atoms with van der Waals surface area (Å²) in [5, 5.41) is 3.08. The van der Waals surface area contributed by atoms with Crippen LogP contribution in [-0.2, 0) is 11.0 Å². The van der Waals surface area contributed by atoms with Crippen LogP contribution in [-0.4, -0.2) is 40.0 Å². The lowest BCUT2D eigenvalue weighted by atomic mass is 9.80. The van der Waals surface area contributed by atoms with Crippen LogP contribution in [0.25, 0.3) is 11.0 Å². The molecule has 32 heavy (non-hydrogen) atoms. The molecule has 1 aliphatic carbocycles. The molecule has 1 aromatic carbocycles. The molecule has 3 aromatic rings. The predicted octanol–water partition coefficient (Wildman–Crippen LogP) is 4.03. The van der Waals surface area contributed by atoms with Crippen molar-refractivity contribution in [1.82, 2.24) is 20.3 Å². The van der Waals surface area contributed by atoms with Gasteiger partial charge in [-0.2, -0.15) is 13.2 Å². The van der Waals surface area contributed by atoms with Crippen LogP contribution < -0.4 is 10.2 Å². The molecular weight excluding hydrogens is 419 g/mol. The summed E-state index contributed by atoms with van der Waals surface area (Å²) < 4.78 is 39.1. The van der Waals surface area contributed by atoms with Crippen LogP contribution in [0.15, 0.2) is 54.9 Å². The number of hydrogen-bond donors (Lipinski definition) is 2. The van der Waals surface area contributed by atoms with E-state index in [4.69, 9.17) is 0 Å². The third-order valence-electron chi connectivity index (χ3n) is 6.12. The lowest BCUT2D eigenvalue weighted by Gasteiger charge is -2.36. The Morgan fingerprint density at radius 2 is 2.03 bits per heavy atom. The average Bonchev–Trinajstić information content (AvgIpc) is 3.15. The molecule has 0 spiro atoms. The molecule has 9 heteroatoms. The average molecular weight is 441 g/mol. The lowest BCUT2D eigenvalue weighted by molar-refractivity contribution is -0.137. The van der Waals surface area contributed by atoms with Crippen LogP contribution >= 0.6 is 0 Å². The molecule has 0 radical (unpaired) electrons. The van der Waals surface area contributed by atoms with Gasteiger partial charge in [0.25, 0.3) is 0 Å². The van der Waals surface area contributed by atoms with Crippen molar-refractivity contribution < 1.29 is 18.0 Å². The Kier molecular flexibility index (Phi) is 5.11. The van der Waals surface area contributed by atoms with Gasteiger partial charge in [-0.25, -0.2) is 4.98 Å². The zero-order valence-corrected chi connectivity index (χ0v) is 17.1. The number of nitrogens with one attached hydrogen (secondary N) is 2. The minimum absolute atomic E-state index is 0.0908. The maximum Gasteiger partial charge on any atom is 0.417 e. The van der Waals surface area contributed by atoms with Crippen molar-refractivity contribution in [2.24, 2.45) is 5.92 Å². The van der Waals surface area contributed by atoms with Crippen molar-refractivity contribution >= 4 is 22.6 Å². The van der Waals surface area contributed by atoms with Gasteiger partial charge in [-0.3, -0.25) is 9.78 Å². The monoisotopic (exact) mass is 441 g/mol. The van der Waals surface area contributed by atoms with Crippen LogP contribution in [0.1, 0.15) is 30.1 Å². The van der Waals surface area contributed by atoms with Gasteiger partial charge in [-0.1, -0.05) is 24.3 Å². The van der Waals surface area contributed by atoms with Crippen LogP contribution in [0.4, 0.5) is 18.9 Å². The standard InChI is InChI=1S/C23H22F3N5O/c24-23(25,26)14-10-16(12-27-11-14)31-9-3-4-15(13-31)28-22(32)18-8-7-17(18)21-29-19-5-1-2-6-20(19)30-21/h1-2,5-8,10-12,15,17-18H,3-4,9,13H2,(H,28,32)(H,29,30)/t15-,17+,18+/m1/s1. The number of anilines is 1. The minimum atomic E-state index is -4.44. The van der Waals surface area contributed by atoms with Gasteiger partial charge < -0.3 is 15.2 Å². The van der Waals surface area contributed by atoms with Gasteiger partial charge in [-0.15, -0.1) is 0 Å². The number of H-pyrrole nitrogens is 1. The lowest BCUT2D eigenvalue weighted by Crippen LogP contribution is -2.50. The number of imidazole rings is 1. The number of pyridine rings is 1. The van der Waals surface area contributed by atoms with Crippen molar-refractivity contribution in [2.45, 2.75) is 31.0 Å². The summed E-state index contributed by atoms with van der Waals surface area (Å²) >= 11 is 0. The Labute approximate surface area is 182 Å². The molecule has 1 fully saturated rings. The molecule has 2 aliphatic rings. The van der Waals surface area contributed by atoms with Crippen molar-refractivity contribution in [3.63, 3.8) is 0 Å². The fraction of sp³-hybridized carbons (Fsp3) is 0.348. The van der Waals surface area contributed by atoms with Crippen molar-refractivity contribution in [1.29, 1.82) is 0 Å². The molecule has 5 rings (SSSR count). The number of carbonyl (C=O) groups is 1. The SMILES string of the molecule is O=C(N[C@@H]1CCCN(c2cncc(C(F)(F)F)c2)C1)[C@H]1C=C[C@@H]1c1nc2ccccc2[nH]1. The number of piperidine rings is 1. The molecule has 1 saturated heterocycles. The van der Waals surface area contributed by atoms with Crippen molar-refractivity contribution in [2.75, 3.05) is 18.0 Å². The number of fused-ring (bicyclic) bond motifs is 1. The zero-order valence-electron chi connectivity index (χ0n) is 17.1. The summed E-state index contributed by atoms with van der Waals surface area (Å²) in [4.78, 5) is 26.4. The molecule has 6 nitrogen and oxygen atoms in total. The first kappa shape index (κ1) is 20.5. The molecule has 3 atom stereocenters. The van der Waals surface area contributed by atoms with Crippen LogP contribution in [0.2, 0.25) is 0 Å². The second-order valence-electron chi connectivity index (χ2n) is 8.30. The molecule has 0 unspecified atom stereocenters. The van der Waals surface area contributed by atoms with E-state index in [9.17, 15) is 18.0 Å². The number of halogens is 3. The van der Waals surface area contributed by atoms with Crippen molar-refractivity contribution in [3.05, 3.63) is 66.3 Å². The predicted molar refractivity (Wildman–Crippen MR) is 114 cm³/mol. The summed E-state index contributed by atoms with van der Waals surface area (Å²) in [6.45, 7) is 1.07. The highest BCUT2D eigenvalue weighted by Gasteiger charge is 2.36. The Hall–Kier alpha value is -3.36. The number of amides is 1. The first-order valence-corrected chi connectivity index (χ1v) is 10.6. The van der Waals surface area contributed by atoms with Gasteiger partial charge in [0.1, 0.15) is 5.82 Å². The maximum absolute atomic E-state index is 13.0. The van der Waals surface area contributed by atoms with E-state index < -0.39 is 11.7 Å². The molecule has 3 heterocycles. The van der Waals surface area contributed by atoms with Gasteiger partial charge in [0.05, 0.1) is 40.3 Å². The number of carbonyl (C=O) groups excluding carboxylic acids is 1. The molecular formula is C23H22F3N5O. The van der Waals surface area contributed by atoms with E-state index in [1.54, 1.807) is 0 Å². The van der Waals surface area contributed by atoms with Gasteiger partial charge in [0.15, 0.2) is 0 Å². The Morgan fingerprint density at radius 3 is 2.78 bits per heavy atom. The summed E-state index contributed by atoms with van der Waals surface area (Å²) in [5.41, 5.74) is 1.44. The summed E-state index contributed by atoms with van der Waals surface area (Å²) in [7, 11) is 0. The second-order valence-corrected chi connectivity index (χ2v) is 8.30. The van der Waals surface area contributed by atoms with E-state index in [0.29, 0.717) is 18.8 Å². The summed E-state index contributed by atoms with van der Waals surface area (Å²) in [5.74, 6) is 0.233. The number of aromatic amines is 1. The van der Waals surface area contributed by atoms with Crippen LogP contribution in [0.5, 0.6) is 0 Å². The Morgan fingerprint density at radius 1 is 1.19 bits per heavy atom. The number of para-hydroxylation sites is 2. The maximum atomic E-state index is 13.0. The smallest absolute Gasteiger partial charge is 0.368 e. The number of hydrogen-bond acceptors (Lipinski definition) is 4. The number of rotatable bonds is 4. The number of alkyl halides is 3. The van der Waals surface area contributed by atoms with E-state index in [0.717, 1.165) is 42.0 Å². The Bertz CT molecular complexity index is 1140. The molecule has 1 amide bonds. The molecule has 166 valence electrons. The van der Waals surface area contributed by atoms with Crippen molar-refractivity contribution in [3.8, 4) is 0 Å². The highest BCUT2D eigenvalue weighted by atomic mass is 19.4. The summed E-state index contributed by atoms with van der Waals surface area (Å²) in [6, 6.07) is 8.69. The normalized spacial score (nSPS) is 23.2. The second kappa shape index (κ2) is 7.96. The first-order valence-electron chi connectivity index (χ1n) is 10.6. The fourth-order valence-corrected chi connectivity index (χ4v) is 4.36. The third kappa shape index (κ3) is 3.94. The Balaban J connectivity index is 1.24. The number of nitrogens with zero attached hydrogens (tertiary/aromatic N) is 3. The van der Waals surface area contributed by atoms with Gasteiger partial charge in [0.2, 0.25) is 5.91 Å². The van der Waals surface area contributed by atoms with Crippen LogP contribution in [0, 0.1) is 5.92 Å². The van der Waals surface area contributed by atoms with Gasteiger partial charge in [0, 0.05) is 25.3 Å². The molecule has 2 aromatic heterocycles. The largest absolute Gasteiger partial charge is 0.417 e. The minimum Gasteiger partial charge on any atom is -0.368 e. The van der Waals surface area contributed by atoms with Gasteiger partial charge >= 0.3 is 6.18 Å².